The second-order valence-corrected chi connectivity index (χ2v) is 5.53. The molecule has 0 bridgehead atoms. The SMILES string of the molecule is Cc1nsc(NCC2Cc3ccccc32)c1C(=O)O. The van der Waals surface area contributed by atoms with Crippen molar-refractivity contribution >= 4 is 22.5 Å². The fraction of sp³-hybridized carbons (Fsp3) is 0.286. The molecule has 0 amide bonds. The molecule has 0 saturated carbocycles. The van der Waals surface area contributed by atoms with Crippen LogP contribution in [-0.2, 0) is 6.42 Å². The van der Waals surface area contributed by atoms with Crippen molar-refractivity contribution in [1.82, 2.24) is 4.37 Å². The maximum absolute atomic E-state index is 11.2. The molecule has 0 saturated heterocycles. The highest BCUT2D eigenvalue weighted by Crippen LogP contribution is 2.35. The molecule has 1 atom stereocenters. The topological polar surface area (TPSA) is 62.2 Å². The largest absolute Gasteiger partial charge is 0.478 e. The molecule has 5 heteroatoms. The van der Waals surface area contributed by atoms with Gasteiger partial charge in [-0.3, -0.25) is 0 Å². The van der Waals surface area contributed by atoms with E-state index in [4.69, 9.17) is 5.11 Å². The quantitative estimate of drug-likeness (QED) is 0.900. The molecule has 0 fully saturated rings. The number of benzene rings is 1. The molecule has 1 unspecified atom stereocenters. The van der Waals surface area contributed by atoms with E-state index in [0.29, 0.717) is 22.2 Å². The van der Waals surface area contributed by atoms with Gasteiger partial charge in [-0.1, -0.05) is 24.3 Å². The monoisotopic (exact) mass is 274 g/mol. The summed E-state index contributed by atoms with van der Waals surface area (Å²) in [5.74, 6) is -0.442. The van der Waals surface area contributed by atoms with Crippen LogP contribution in [0.15, 0.2) is 24.3 Å². The predicted molar refractivity (Wildman–Crippen MR) is 75.2 cm³/mol. The van der Waals surface area contributed by atoms with Gasteiger partial charge in [-0.15, -0.1) is 0 Å². The average Bonchev–Trinajstić information content (AvgIpc) is 2.72. The van der Waals surface area contributed by atoms with Gasteiger partial charge in [0.25, 0.3) is 0 Å². The smallest absolute Gasteiger partial charge is 0.340 e. The number of nitrogens with one attached hydrogen (secondary N) is 1. The molecule has 1 aliphatic rings. The van der Waals surface area contributed by atoms with E-state index in [0.717, 1.165) is 13.0 Å². The third-order valence-electron chi connectivity index (χ3n) is 3.55. The van der Waals surface area contributed by atoms with Crippen LogP contribution in [0.25, 0.3) is 0 Å². The Morgan fingerprint density at radius 3 is 3.05 bits per heavy atom. The number of rotatable bonds is 4. The standard InChI is InChI=1S/C14H14N2O2S/c1-8-12(14(17)18)13(19-16-8)15-7-10-6-9-4-2-3-5-11(9)10/h2-5,10,15H,6-7H2,1H3,(H,17,18). The first-order valence-corrected chi connectivity index (χ1v) is 6.95. The number of aromatic carboxylic acids is 1. The van der Waals surface area contributed by atoms with Crippen LogP contribution in [0.1, 0.15) is 33.1 Å². The molecule has 98 valence electrons. The maximum atomic E-state index is 11.2. The fourth-order valence-corrected chi connectivity index (χ4v) is 3.30. The lowest BCUT2D eigenvalue weighted by atomic mass is 9.78. The van der Waals surface area contributed by atoms with Crippen molar-refractivity contribution in [2.45, 2.75) is 19.3 Å². The summed E-state index contributed by atoms with van der Waals surface area (Å²) in [5.41, 5.74) is 3.65. The van der Waals surface area contributed by atoms with Crippen molar-refractivity contribution in [3.63, 3.8) is 0 Å². The number of carbonyl (C=O) groups is 1. The van der Waals surface area contributed by atoms with Crippen LogP contribution in [-0.4, -0.2) is 22.0 Å². The Morgan fingerprint density at radius 2 is 2.32 bits per heavy atom. The van der Waals surface area contributed by atoms with Crippen LogP contribution in [0.4, 0.5) is 5.00 Å². The number of hydrogen-bond donors (Lipinski definition) is 2. The van der Waals surface area contributed by atoms with Crippen molar-refractivity contribution in [2.24, 2.45) is 0 Å². The lowest BCUT2D eigenvalue weighted by Gasteiger charge is -2.30. The zero-order valence-electron chi connectivity index (χ0n) is 10.5. The predicted octanol–water partition coefficient (Wildman–Crippen LogP) is 2.90. The minimum atomic E-state index is -0.914. The van der Waals surface area contributed by atoms with E-state index < -0.39 is 5.97 Å². The van der Waals surface area contributed by atoms with Gasteiger partial charge in [-0.2, -0.15) is 4.37 Å². The van der Waals surface area contributed by atoms with Gasteiger partial charge in [0.1, 0.15) is 10.6 Å². The first-order valence-electron chi connectivity index (χ1n) is 6.18. The second-order valence-electron chi connectivity index (χ2n) is 4.76. The number of carboxylic acids is 1. The van der Waals surface area contributed by atoms with Gasteiger partial charge in [0.05, 0.1) is 5.69 Å². The minimum absolute atomic E-state index is 0.303. The summed E-state index contributed by atoms with van der Waals surface area (Å²) < 4.78 is 4.10. The summed E-state index contributed by atoms with van der Waals surface area (Å²) in [7, 11) is 0. The van der Waals surface area contributed by atoms with E-state index >= 15 is 0 Å². The molecule has 2 N–H and O–H groups in total. The third kappa shape index (κ3) is 2.10. The van der Waals surface area contributed by atoms with Gasteiger partial charge in [-0.05, 0) is 36.0 Å². The number of hydrogen-bond acceptors (Lipinski definition) is 4. The Bertz CT molecular complexity index is 636. The van der Waals surface area contributed by atoms with Crippen LogP contribution in [0.2, 0.25) is 0 Å². The van der Waals surface area contributed by atoms with Crippen molar-refractivity contribution < 1.29 is 9.90 Å². The Hall–Kier alpha value is -1.88. The molecule has 3 rings (SSSR count). The van der Waals surface area contributed by atoms with Crippen molar-refractivity contribution in [2.75, 3.05) is 11.9 Å². The molecule has 4 nitrogen and oxygen atoms in total. The summed E-state index contributed by atoms with van der Waals surface area (Å²) >= 11 is 1.22. The molecule has 1 heterocycles. The van der Waals surface area contributed by atoms with Gasteiger partial charge in [0.2, 0.25) is 0 Å². The second kappa shape index (κ2) is 4.66. The van der Waals surface area contributed by atoms with Gasteiger partial charge in [-0.25, -0.2) is 4.79 Å². The van der Waals surface area contributed by atoms with E-state index in [9.17, 15) is 4.79 Å². The van der Waals surface area contributed by atoms with Crippen molar-refractivity contribution in [3.05, 3.63) is 46.6 Å². The number of aryl methyl sites for hydroxylation is 1. The molecule has 1 aromatic heterocycles. The highest BCUT2D eigenvalue weighted by atomic mass is 32.1. The number of carboxylic acid groups (broad SMARTS) is 1. The summed E-state index contributed by atoms with van der Waals surface area (Å²) in [6, 6.07) is 8.38. The zero-order valence-corrected chi connectivity index (χ0v) is 11.3. The third-order valence-corrected chi connectivity index (χ3v) is 4.44. The summed E-state index contributed by atoms with van der Waals surface area (Å²) in [5, 5.41) is 13.1. The van der Waals surface area contributed by atoms with Gasteiger partial charge in [0, 0.05) is 12.5 Å². The van der Waals surface area contributed by atoms with E-state index in [2.05, 4.69) is 27.9 Å². The van der Waals surface area contributed by atoms with Gasteiger partial charge in [0.15, 0.2) is 0 Å². The molecular weight excluding hydrogens is 260 g/mol. The van der Waals surface area contributed by atoms with Gasteiger partial charge < -0.3 is 10.4 Å². The Balaban J connectivity index is 1.70. The maximum Gasteiger partial charge on any atom is 0.340 e. The molecule has 1 aromatic carbocycles. The first kappa shape index (κ1) is 12.2. The first-order chi connectivity index (χ1) is 9.16. The van der Waals surface area contributed by atoms with Crippen LogP contribution < -0.4 is 5.32 Å². The van der Waals surface area contributed by atoms with Crippen molar-refractivity contribution in [3.8, 4) is 0 Å². The number of anilines is 1. The minimum Gasteiger partial charge on any atom is -0.478 e. The molecule has 0 spiro atoms. The van der Waals surface area contributed by atoms with Crippen molar-refractivity contribution in [1.29, 1.82) is 0 Å². The zero-order chi connectivity index (χ0) is 13.4. The van der Waals surface area contributed by atoms with Crippen LogP contribution in [0.5, 0.6) is 0 Å². The normalized spacial score (nSPS) is 16.6. The number of fused-ring (bicyclic) bond motifs is 1. The van der Waals surface area contributed by atoms with E-state index in [-0.39, 0.29) is 0 Å². The lowest BCUT2D eigenvalue weighted by molar-refractivity contribution is 0.0697. The molecule has 19 heavy (non-hydrogen) atoms. The molecule has 2 aromatic rings. The van der Waals surface area contributed by atoms with E-state index in [1.54, 1.807) is 6.92 Å². The molecule has 1 aliphatic carbocycles. The molecule has 0 aliphatic heterocycles. The highest BCUT2D eigenvalue weighted by molar-refractivity contribution is 7.10. The Kier molecular flexibility index (Phi) is 2.98. The Labute approximate surface area is 115 Å². The Morgan fingerprint density at radius 1 is 1.53 bits per heavy atom. The number of nitrogens with zero attached hydrogens (tertiary/aromatic N) is 1. The molecule has 0 radical (unpaired) electrons. The van der Waals surface area contributed by atoms with Crippen LogP contribution in [0.3, 0.4) is 0 Å². The van der Waals surface area contributed by atoms with E-state index in [1.807, 2.05) is 6.07 Å². The lowest BCUT2D eigenvalue weighted by Crippen LogP contribution is -2.24. The molecular formula is C14H14N2O2S. The summed E-state index contributed by atoms with van der Waals surface area (Å²) in [6.07, 6.45) is 1.06. The van der Waals surface area contributed by atoms with Crippen LogP contribution in [0, 0.1) is 6.92 Å². The van der Waals surface area contributed by atoms with E-state index in [1.165, 1.54) is 22.7 Å². The van der Waals surface area contributed by atoms with Gasteiger partial charge >= 0.3 is 5.97 Å². The van der Waals surface area contributed by atoms with Crippen LogP contribution >= 0.6 is 11.5 Å². The summed E-state index contributed by atoms with van der Waals surface area (Å²) in [6.45, 7) is 2.49. The summed E-state index contributed by atoms with van der Waals surface area (Å²) in [4.78, 5) is 11.2. The highest BCUT2D eigenvalue weighted by Gasteiger charge is 2.26. The fourth-order valence-electron chi connectivity index (χ4n) is 2.50. The number of aromatic nitrogens is 1. The average molecular weight is 274 g/mol.